The maximum absolute atomic E-state index is 13.4. The molecule has 0 aliphatic carbocycles. The molecule has 0 aliphatic rings. The number of Topliss-reactive ketones (excluding diaryl/α,β-unsaturated/α-hetero) is 1. The molecule has 0 bridgehead atoms. The minimum absolute atomic E-state index is 0.00714. The van der Waals surface area contributed by atoms with Crippen LogP contribution < -0.4 is 17.0 Å². The van der Waals surface area contributed by atoms with Crippen molar-refractivity contribution in [1.82, 2.24) is 18.7 Å². The smallest absolute Gasteiger partial charge is 0.333 e. The highest BCUT2D eigenvalue weighted by molar-refractivity contribution is 7.99. The molecule has 0 saturated carbocycles. The fourth-order valence-corrected chi connectivity index (χ4v) is 4.91. The van der Waals surface area contributed by atoms with Gasteiger partial charge in [-0.15, -0.1) is 0 Å². The first-order chi connectivity index (χ1) is 18.3. The number of thioether (sulfide) groups is 1. The predicted octanol–water partition coefficient (Wildman–Crippen LogP) is 1.78. The van der Waals surface area contributed by atoms with E-state index >= 15 is 0 Å². The fourth-order valence-electron chi connectivity index (χ4n) is 3.99. The molecule has 0 radical (unpaired) electrons. The molecule has 0 atom stereocenters. The zero-order chi connectivity index (χ0) is 27.2. The molecule has 2 aromatic carbocycles. The van der Waals surface area contributed by atoms with Crippen LogP contribution in [0.25, 0.3) is 11.0 Å². The zero-order valence-electron chi connectivity index (χ0n) is 21.0. The van der Waals surface area contributed by atoms with E-state index in [-0.39, 0.29) is 23.7 Å². The van der Waals surface area contributed by atoms with Crippen LogP contribution in [0.15, 0.2) is 69.3 Å². The minimum Gasteiger partial charge on any atom is -0.468 e. The Hall–Kier alpha value is -4.16. The van der Waals surface area contributed by atoms with Crippen molar-refractivity contribution in [3.8, 4) is 0 Å². The summed E-state index contributed by atoms with van der Waals surface area (Å²) in [4.78, 5) is 56.4. The summed E-state index contributed by atoms with van der Waals surface area (Å²) in [7, 11) is 2.74. The molecule has 0 fully saturated rings. The highest BCUT2D eigenvalue weighted by Gasteiger charge is 2.25. The number of ether oxygens (including phenoxy) is 2. The van der Waals surface area contributed by atoms with Gasteiger partial charge in [-0.1, -0.05) is 54.2 Å². The van der Waals surface area contributed by atoms with E-state index in [2.05, 4.69) is 9.72 Å². The molecule has 0 saturated heterocycles. The number of nitrogen functional groups attached to an aromatic ring is 1. The summed E-state index contributed by atoms with van der Waals surface area (Å²) in [5.74, 6) is -1.83. The maximum atomic E-state index is 13.4. The first-order valence-electron chi connectivity index (χ1n) is 11.7. The molecule has 12 heteroatoms. The number of rotatable bonds is 11. The standard InChI is InChI=1S/C26H27N5O6S/c1-36-13-12-29-19-11-7-6-10-18(19)28-25(29)38-16-20(32)22-23(27)30(14-17-8-4-3-5-9-17)26(35)31(24(22)34)15-21(33)37-2/h3-11H,12-16,27H2,1-2H3. The van der Waals surface area contributed by atoms with Crippen molar-refractivity contribution in [3.63, 3.8) is 0 Å². The van der Waals surface area contributed by atoms with Crippen LogP contribution in [-0.4, -0.2) is 57.0 Å². The molecule has 0 spiro atoms. The number of nitrogens with zero attached hydrogens (tertiary/aromatic N) is 4. The lowest BCUT2D eigenvalue weighted by Crippen LogP contribution is -2.45. The van der Waals surface area contributed by atoms with Crippen molar-refractivity contribution >= 4 is 40.4 Å². The van der Waals surface area contributed by atoms with Gasteiger partial charge in [0.2, 0.25) is 0 Å². The van der Waals surface area contributed by atoms with Crippen LogP contribution in [0, 0.1) is 0 Å². The maximum Gasteiger partial charge on any atom is 0.333 e. The number of carbonyl (C=O) groups is 2. The van der Waals surface area contributed by atoms with Crippen LogP contribution in [0.1, 0.15) is 15.9 Å². The van der Waals surface area contributed by atoms with Crippen molar-refractivity contribution in [3.05, 3.63) is 86.6 Å². The Balaban J connectivity index is 1.72. The first-order valence-corrected chi connectivity index (χ1v) is 12.7. The van der Waals surface area contributed by atoms with Gasteiger partial charge in [0.05, 0.1) is 37.0 Å². The Morgan fingerprint density at radius 3 is 2.39 bits per heavy atom. The third kappa shape index (κ3) is 5.55. The molecule has 2 N–H and O–H groups in total. The van der Waals surface area contributed by atoms with Gasteiger partial charge in [0, 0.05) is 13.7 Å². The Morgan fingerprint density at radius 1 is 0.974 bits per heavy atom. The lowest BCUT2D eigenvalue weighted by atomic mass is 10.2. The summed E-state index contributed by atoms with van der Waals surface area (Å²) in [5.41, 5.74) is 6.51. The van der Waals surface area contributed by atoms with Gasteiger partial charge in [-0.2, -0.15) is 0 Å². The summed E-state index contributed by atoms with van der Waals surface area (Å²) in [6.45, 7) is 0.317. The van der Waals surface area contributed by atoms with E-state index < -0.39 is 29.5 Å². The van der Waals surface area contributed by atoms with E-state index in [1.54, 1.807) is 31.4 Å². The second-order valence-corrected chi connectivity index (χ2v) is 9.26. The second-order valence-electron chi connectivity index (χ2n) is 8.32. The minimum atomic E-state index is -0.944. The predicted molar refractivity (Wildman–Crippen MR) is 144 cm³/mol. The van der Waals surface area contributed by atoms with Crippen molar-refractivity contribution < 1.29 is 19.1 Å². The summed E-state index contributed by atoms with van der Waals surface area (Å²) in [6, 6.07) is 16.5. The number of hydrogen-bond donors (Lipinski definition) is 1. The molecular weight excluding hydrogens is 510 g/mol. The molecule has 0 unspecified atom stereocenters. The third-order valence-electron chi connectivity index (χ3n) is 5.92. The summed E-state index contributed by atoms with van der Waals surface area (Å²) >= 11 is 1.15. The fraction of sp³-hybridized carbons (Fsp3) is 0.269. The number of benzene rings is 2. The number of esters is 1. The average molecular weight is 538 g/mol. The van der Waals surface area contributed by atoms with Gasteiger partial charge in [0.25, 0.3) is 5.56 Å². The van der Waals surface area contributed by atoms with E-state index in [0.29, 0.717) is 22.9 Å². The van der Waals surface area contributed by atoms with Crippen molar-refractivity contribution in [2.75, 3.05) is 32.3 Å². The Labute approximate surface area is 221 Å². The number of imidazole rings is 1. The number of carbonyl (C=O) groups excluding carboxylic acids is 2. The van der Waals surface area contributed by atoms with Gasteiger partial charge in [-0.3, -0.25) is 19.0 Å². The van der Waals surface area contributed by atoms with Gasteiger partial charge in [-0.05, 0) is 17.7 Å². The number of para-hydroxylation sites is 2. The van der Waals surface area contributed by atoms with Gasteiger partial charge < -0.3 is 19.8 Å². The van der Waals surface area contributed by atoms with Crippen LogP contribution in [0.5, 0.6) is 0 Å². The lowest BCUT2D eigenvalue weighted by Gasteiger charge is -2.16. The molecule has 4 rings (SSSR count). The molecule has 11 nitrogen and oxygen atoms in total. The quantitative estimate of drug-likeness (QED) is 0.172. The van der Waals surface area contributed by atoms with Gasteiger partial charge in [0.15, 0.2) is 10.9 Å². The highest BCUT2D eigenvalue weighted by atomic mass is 32.2. The molecular formula is C26H27N5O6S. The highest BCUT2D eigenvalue weighted by Crippen LogP contribution is 2.25. The van der Waals surface area contributed by atoms with Gasteiger partial charge in [-0.25, -0.2) is 14.3 Å². The van der Waals surface area contributed by atoms with Crippen molar-refractivity contribution in [2.24, 2.45) is 0 Å². The van der Waals surface area contributed by atoms with Gasteiger partial charge in [0.1, 0.15) is 17.9 Å². The van der Waals surface area contributed by atoms with Crippen LogP contribution in [0.2, 0.25) is 0 Å². The normalized spacial score (nSPS) is 11.1. The van der Waals surface area contributed by atoms with E-state index in [1.807, 2.05) is 34.9 Å². The Morgan fingerprint density at radius 2 is 1.68 bits per heavy atom. The Kier molecular flexibility index (Phi) is 8.44. The number of ketones is 1. The number of aromatic nitrogens is 4. The van der Waals surface area contributed by atoms with Crippen LogP contribution >= 0.6 is 11.8 Å². The molecule has 4 aromatic rings. The monoisotopic (exact) mass is 537 g/mol. The van der Waals surface area contributed by atoms with Crippen LogP contribution in [0.3, 0.4) is 0 Å². The molecule has 0 aliphatic heterocycles. The van der Waals surface area contributed by atoms with Crippen LogP contribution in [-0.2, 0) is 33.9 Å². The topological polar surface area (TPSA) is 140 Å². The summed E-state index contributed by atoms with van der Waals surface area (Å²) < 4.78 is 13.6. The first kappa shape index (κ1) is 26.9. The number of fused-ring (bicyclic) bond motifs is 1. The second kappa shape index (κ2) is 11.9. The average Bonchev–Trinajstić information content (AvgIpc) is 3.28. The summed E-state index contributed by atoms with van der Waals surface area (Å²) in [5, 5.41) is 0.572. The number of nitrogens with two attached hydrogens (primary N) is 1. The largest absolute Gasteiger partial charge is 0.468 e. The number of methoxy groups -OCH3 is 2. The molecule has 38 heavy (non-hydrogen) atoms. The van der Waals surface area contributed by atoms with E-state index in [0.717, 1.165) is 40.0 Å². The molecule has 2 aromatic heterocycles. The van der Waals surface area contributed by atoms with Crippen molar-refractivity contribution in [1.29, 1.82) is 0 Å². The van der Waals surface area contributed by atoms with Gasteiger partial charge >= 0.3 is 11.7 Å². The SMILES string of the molecule is COCCn1c(SCC(=O)c2c(N)n(Cc3ccccc3)c(=O)n(CC(=O)OC)c2=O)nc2ccccc21. The molecule has 0 amide bonds. The van der Waals surface area contributed by atoms with E-state index in [4.69, 9.17) is 10.5 Å². The lowest BCUT2D eigenvalue weighted by molar-refractivity contribution is -0.141. The molecule has 198 valence electrons. The third-order valence-corrected chi connectivity index (χ3v) is 6.89. The van der Waals surface area contributed by atoms with Crippen LogP contribution in [0.4, 0.5) is 5.82 Å². The van der Waals surface area contributed by atoms with Crippen molar-refractivity contribution in [2.45, 2.75) is 24.8 Å². The van der Waals surface area contributed by atoms with E-state index in [9.17, 15) is 19.2 Å². The number of anilines is 1. The number of hydrogen-bond acceptors (Lipinski definition) is 9. The van der Waals surface area contributed by atoms with E-state index in [1.165, 1.54) is 0 Å². The zero-order valence-corrected chi connectivity index (χ0v) is 21.8. The Bertz CT molecular complexity index is 1590. The summed E-state index contributed by atoms with van der Waals surface area (Å²) in [6.07, 6.45) is 0. The molecule has 2 heterocycles.